The lowest BCUT2D eigenvalue weighted by Gasteiger charge is -2.16. The number of nitrogens with two attached hydrogens (primary N) is 1. The van der Waals surface area contributed by atoms with Crippen molar-refractivity contribution in [2.24, 2.45) is 5.73 Å². The standard InChI is InChI=1S/C16H18ClNO/c1-11-7-8-13(14(17)9-11)15(18)10-12-5-3-4-6-16(12)19-2/h3-9,15H,10,18H2,1-2H3. The summed E-state index contributed by atoms with van der Waals surface area (Å²) in [6.45, 7) is 2.02. The number of halogens is 1. The van der Waals surface area contributed by atoms with Crippen molar-refractivity contribution >= 4 is 11.6 Å². The highest BCUT2D eigenvalue weighted by Gasteiger charge is 2.13. The van der Waals surface area contributed by atoms with Crippen molar-refractivity contribution in [2.75, 3.05) is 7.11 Å². The van der Waals surface area contributed by atoms with E-state index < -0.39 is 0 Å². The first kappa shape index (κ1) is 13.9. The lowest BCUT2D eigenvalue weighted by atomic mass is 9.98. The van der Waals surface area contributed by atoms with E-state index in [2.05, 4.69) is 0 Å². The van der Waals surface area contributed by atoms with Gasteiger partial charge in [0.15, 0.2) is 0 Å². The van der Waals surface area contributed by atoms with Gasteiger partial charge in [0.2, 0.25) is 0 Å². The van der Waals surface area contributed by atoms with E-state index in [1.165, 1.54) is 0 Å². The van der Waals surface area contributed by atoms with E-state index >= 15 is 0 Å². The monoisotopic (exact) mass is 275 g/mol. The van der Waals surface area contributed by atoms with Crippen molar-refractivity contribution in [3.05, 3.63) is 64.2 Å². The van der Waals surface area contributed by atoms with Crippen LogP contribution in [-0.4, -0.2) is 7.11 Å². The van der Waals surface area contributed by atoms with Crippen molar-refractivity contribution in [1.29, 1.82) is 0 Å². The molecule has 0 saturated carbocycles. The second kappa shape index (κ2) is 6.09. The maximum absolute atomic E-state index is 6.26. The van der Waals surface area contributed by atoms with Crippen molar-refractivity contribution in [3.63, 3.8) is 0 Å². The van der Waals surface area contributed by atoms with E-state index in [0.717, 1.165) is 27.5 Å². The molecule has 0 heterocycles. The molecule has 0 saturated heterocycles. The molecule has 0 aliphatic heterocycles. The number of methoxy groups -OCH3 is 1. The fraction of sp³-hybridized carbons (Fsp3) is 0.250. The summed E-state index contributed by atoms with van der Waals surface area (Å²) in [6.07, 6.45) is 0.701. The number of aryl methyl sites for hydroxylation is 1. The van der Waals surface area contributed by atoms with Gasteiger partial charge in [0.1, 0.15) is 5.75 Å². The van der Waals surface area contributed by atoms with E-state index in [-0.39, 0.29) is 6.04 Å². The Balaban J connectivity index is 2.23. The smallest absolute Gasteiger partial charge is 0.122 e. The highest BCUT2D eigenvalue weighted by Crippen LogP contribution is 2.28. The second-order valence-electron chi connectivity index (χ2n) is 4.65. The van der Waals surface area contributed by atoms with Crippen LogP contribution in [0.1, 0.15) is 22.7 Å². The van der Waals surface area contributed by atoms with Gasteiger partial charge in [-0.05, 0) is 42.2 Å². The molecule has 3 heteroatoms. The first-order chi connectivity index (χ1) is 9.11. The normalized spacial score (nSPS) is 12.2. The van der Waals surface area contributed by atoms with Gasteiger partial charge in [-0.1, -0.05) is 41.9 Å². The van der Waals surface area contributed by atoms with Gasteiger partial charge in [0, 0.05) is 11.1 Å². The van der Waals surface area contributed by atoms with Crippen molar-refractivity contribution in [1.82, 2.24) is 0 Å². The summed E-state index contributed by atoms with van der Waals surface area (Å²) >= 11 is 6.25. The topological polar surface area (TPSA) is 35.2 Å². The molecule has 0 aromatic heterocycles. The third kappa shape index (κ3) is 3.28. The third-order valence-electron chi connectivity index (χ3n) is 3.19. The zero-order chi connectivity index (χ0) is 13.8. The van der Waals surface area contributed by atoms with E-state index in [1.807, 2.05) is 49.4 Å². The van der Waals surface area contributed by atoms with Gasteiger partial charge < -0.3 is 10.5 Å². The molecule has 2 rings (SSSR count). The molecule has 0 spiro atoms. The molecule has 2 aromatic rings. The average molecular weight is 276 g/mol. The molecule has 2 N–H and O–H groups in total. The van der Waals surface area contributed by atoms with Crippen LogP contribution in [0.25, 0.3) is 0 Å². The Kier molecular flexibility index (Phi) is 4.46. The van der Waals surface area contributed by atoms with Crippen LogP contribution in [0.3, 0.4) is 0 Å². The Morgan fingerprint density at radius 2 is 1.95 bits per heavy atom. The molecule has 1 atom stereocenters. The van der Waals surface area contributed by atoms with Crippen LogP contribution in [0, 0.1) is 6.92 Å². The zero-order valence-corrected chi connectivity index (χ0v) is 11.9. The fourth-order valence-electron chi connectivity index (χ4n) is 2.15. The fourth-order valence-corrected chi connectivity index (χ4v) is 2.53. The van der Waals surface area contributed by atoms with Gasteiger partial charge in [0.25, 0.3) is 0 Å². The minimum absolute atomic E-state index is 0.135. The predicted molar refractivity (Wildman–Crippen MR) is 79.8 cm³/mol. The molecule has 1 unspecified atom stereocenters. The minimum Gasteiger partial charge on any atom is -0.496 e. The van der Waals surface area contributed by atoms with E-state index in [0.29, 0.717) is 6.42 Å². The Labute approximate surface area is 119 Å². The molecule has 100 valence electrons. The summed E-state index contributed by atoms with van der Waals surface area (Å²) in [5.74, 6) is 0.862. The Bertz CT molecular complexity index is 568. The second-order valence-corrected chi connectivity index (χ2v) is 5.05. The average Bonchev–Trinajstić information content (AvgIpc) is 2.39. The van der Waals surface area contributed by atoms with Crippen molar-refractivity contribution < 1.29 is 4.74 Å². The van der Waals surface area contributed by atoms with Crippen molar-refractivity contribution in [2.45, 2.75) is 19.4 Å². The highest BCUT2D eigenvalue weighted by molar-refractivity contribution is 6.31. The number of hydrogen-bond acceptors (Lipinski definition) is 2. The summed E-state index contributed by atoms with van der Waals surface area (Å²) < 4.78 is 5.34. The van der Waals surface area contributed by atoms with Crippen LogP contribution >= 0.6 is 11.6 Å². The number of rotatable bonds is 4. The summed E-state index contributed by atoms with van der Waals surface area (Å²) in [5.41, 5.74) is 9.46. The maximum atomic E-state index is 6.26. The van der Waals surface area contributed by atoms with Gasteiger partial charge in [-0.25, -0.2) is 0 Å². The van der Waals surface area contributed by atoms with Crippen molar-refractivity contribution in [3.8, 4) is 5.75 Å². The Morgan fingerprint density at radius 1 is 1.21 bits per heavy atom. The molecular formula is C16H18ClNO. The molecule has 0 amide bonds. The Morgan fingerprint density at radius 3 is 2.63 bits per heavy atom. The molecule has 2 aromatic carbocycles. The highest BCUT2D eigenvalue weighted by atomic mass is 35.5. The first-order valence-electron chi connectivity index (χ1n) is 6.25. The van der Waals surface area contributed by atoms with Gasteiger partial charge in [-0.2, -0.15) is 0 Å². The van der Waals surface area contributed by atoms with E-state index in [9.17, 15) is 0 Å². The lowest BCUT2D eigenvalue weighted by molar-refractivity contribution is 0.408. The minimum atomic E-state index is -0.135. The quantitative estimate of drug-likeness (QED) is 0.918. The first-order valence-corrected chi connectivity index (χ1v) is 6.63. The van der Waals surface area contributed by atoms with Crippen LogP contribution in [0.15, 0.2) is 42.5 Å². The summed E-state index contributed by atoms with van der Waals surface area (Å²) in [5, 5.41) is 0.724. The van der Waals surface area contributed by atoms with Gasteiger partial charge in [0.05, 0.1) is 7.11 Å². The van der Waals surface area contributed by atoms with Crippen LogP contribution in [0.2, 0.25) is 5.02 Å². The van der Waals surface area contributed by atoms with Crippen LogP contribution in [0.5, 0.6) is 5.75 Å². The Hall–Kier alpha value is -1.51. The maximum Gasteiger partial charge on any atom is 0.122 e. The predicted octanol–water partition coefficient (Wildman–Crippen LogP) is 3.90. The molecule has 0 radical (unpaired) electrons. The third-order valence-corrected chi connectivity index (χ3v) is 3.52. The molecule has 0 aliphatic rings. The van der Waals surface area contributed by atoms with Crippen LogP contribution in [-0.2, 0) is 6.42 Å². The number of benzene rings is 2. The number of hydrogen-bond donors (Lipinski definition) is 1. The SMILES string of the molecule is COc1ccccc1CC(N)c1ccc(C)cc1Cl. The van der Waals surface area contributed by atoms with Gasteiger partial charge in [-0.3, -0.25) is 0 Å². The van der Waals surface area contributed by atoms with Gasteiger partial charge in [-0.15, -0.1) is 0 Å². The van der Waals surface area contributed by atoms with E-state index in [1.54, 1.807) is 7.11 Å². The number of para-hydroxylation sites is 1. The molecule has 19 heavy (non-hydrogen) atoms. The molecule has 2 nitrogen and oxygen atoms in total. The van der Waals surface area contributed by atoms with Crippen LogP contribution in [0.4, 0.5) is 0 Å². The molecule has 0 aliphatic carbocycles. The van der Waals surface area contributed by atoms with Crippen LogP contribution < -0.4 is 10.5 Å². The number of ether oxygens (including phenoxy) is 1. The van der Waals surface area contributed by atoms with E-state index in [4.69, 9.17) is 22.1 Å². The lowest BCUT2D eigenvalue weighted by Crippen LogP contribution is -2.14. The van der Waals surface area contributed by atoms with Gasteiger partial charge >= 0.3 is 0 Å². The summed E-state index contributed by atoms with van der Waals surface area (Å²) in [6, 6.07) is 13.7. The zero-order valence-electron chi connectivity index (χ0n) is 11.2. The summed E-state index contributed by atoms with van der Waals surface area (Å²) in [7, 11) is 1.67. The largest absolute Gasteiger partial charge is 0.496 e. The summed E-state index contributed by atoms with van der Waals surface area (Å²) in [4.78, 5) is 0. The molecular weight excluding hydrogens is 258 g/mol. The molecule has 0 bridgehead atoms. The molecule has 0 fully saturated rings.